The highest BCUT2D eigenvalue weighted by atomic mass is 19.3. The summed E-state index contributed by atoms with van der Waals surface area (Å²) in [5.74, 6) is -1.88. The van der Waals surface area contributed by atoms with E-state index in [0.717, 1.165) is 36.2 Å². The maximum Gasteiger partial charge on any atom is 0.248 e. The number of hydrogen-bond acceptors (Lipinski definition) is 5. The number of hydrazine groups is 1. The van der Waals surface area contributed by atoms with Crippen molar-refractivity contribution in [1.29, 1.82) is 0 Å². The molecule has 8 heteroatoms. The Hall–Kier alpha value is -2.09. The number of nitrogens with zero attached hydrogens (tertiary/aromatic N) is 4. The normalized spacial score (nSPS) is 23.7. The van der Waals surface area contributed by atoms with E-state index in [1.54, 1.807) is 0 Å². The fourth-order valence-electron chi connectivity index (χ4n) is 4.12. The summed E-state index contributed by atoms with van der Waals surface area (Å²) in [7, 11) is 1.94. The van der Waals surface area contributed by atoms with Crippen molar-refractivity contribution in [2.75, 3.05) is 25.1 Å². The van der Waals surface area contributed by atoms with Gasteiger partial charge in [-0.05, 0) is 24.8 Å². The second kappa shape index (κ2) is 6.57. The Balaban J connectivity index is 1.41. The van der Waals surface area contributed by atoms with Crippen LogP contribution in [-0.2, 0) is 4.79 Å². The molecule has 1 unspecified atom stereocenters. The Kier molecular flexibility index (Phi) is 4.38. The fraction of sp³-hybridized carbons (Fsp3) is 0.611. The molecule has 140 valence electrons. The highest BCUT2D eigenvalue weighted by molar-refractivity contribution is 5.87. The van der Waals surface area contributed by atoms with E-state index < -0.39 is 5.92 Å². The van der Waals surface area contributed by atoms with E-state index in [2.05, 4.69) is 20.0 Å². The van der Waals surface area contributed by atoms with Crippen LogP contribution in [0.3, 0.4) is 0 Å². The van der Waals surface area contributed by atoms with E-state index in [-0.39, 0.29) is 36.9 Å². The molecule has 1 saturated heterocycles. The fourth-order valence-corrected chi connectivity index (χ4v) is 4.12. The Morgan fingerprint density at radius 1 is 1.42 bits per heavy atom. The quantitative estimate of drug-likeness (QED) is 0.885. The van der Waals surface area contributed by atoms with Crippen LogP contribution in [0.4, 0.5) is 14.6 Å². The van der Waals surface area contributed by atoms with Crippen LogP contribution in [0.2, 0.25) is 0 Å². The topological polar surface area (TPSA) is 65.1 Å². The number of Topliss-reactive ketones (excluding diaryl/α,β-unsaturated/α-hetero) is 1. The summed E-state index contributed by atoms with van der Waals surface area (Å²) in [6.45, 7) is 1.45. The van der Waals surface area contributed by atoms with Crippen LogP contribution in [0, 0.1) is 11.8 Å². The molecular formula is C18H23F2N5O. The Bertz CT molecular complexity index is 800. The van der Waals surface area contributed by atoms with E-state index in [1.165, 1.54) is 6.33 Å². The molecular weight excluding hydrogens is 340 g/mol. The molecule has 3 heterocycles. The molecule has 1 aliphatic heterocycles. The minimum absolute atomic E-state index is 0.0935. The number of piperidine rings is 1. The van der Waals surface area contributed by atoms with Gasteiger partial charge in [0, 0.05) is 51.5 Å². The number of carbonyl (C=O) groups is 1. The first kappa shape index (κ1) is 17.3. The van der Waals surface area contributed by atoms with Crippen LogP contribution in [0.15, 0.2) is 18.6 Å². The largest absolute Gasteiger partial charge is 0.346 e. The summed E-state index contributed by atoms with van der Waals surface area (Å²) >= 11 is 0. The molecule has 2 aromatic rings. The van der Waals surface area contributed by atoms with Gasteiger partial charge in [0.2, 0.25) is 5.92 Å². The summed E-state index contributed by atoms with van der Waals surface area (Å²) in [6, 6.07) is 1.94. The Morgan fingerprint density at radius 3 is 3.00 bits per heavy atom. The highest BCUT2D eigenvalue weighted by Crippen LogP contribution is 2.44. The van der Waals surface area contributed by atoms with Crippen molar-refractivity contribution in [2.24, 2.45) is 11.8 Å². The van der Waals surface area contributed by atoms with E-state index >= 15 is 0 Å². The first-order valence-electron chi connectivity index (χ1n) is 9.10. The molecule has 1 N–H and O–H groups in total. The van der Waals surface area contributed by atoms with Gasteiger partial charge in [0.25, 0.3) is 0 Å². The Labute approximate surface area is 150 Å². The lowest BCUT2D eigenvalue weighted by molar-refractivity contribution is -0.136. The molecule has 2 fully saturated rings. The zero-order valence-electron chi connectivity index (χ0n) is 14.8. The molecule has 0 bridgehead atoms. The second-order valence-corrected chi connectivity index (χ2v) is 7.51. The van der Waals surface area contributed by atoms with Crippen molar-refractivity contribution in [2.45, 2.75) is 38.0 Å². The minimum atomic E-state index is -2.56. The van der Waals surface area contributed by atoms with Crippen LogP contribution >= 0.6 is 0 Å². The number of aromatic amines is 1. The third-order valence-electron chi connectivity index (χ3n) is 5.58. The molecule has 0 aromatic carbocycles. The van der Waals surface area contributed by atoms with Gasteiger partial charge >= 0.3 is 0 Å². The number of rotatable bonds is 5. The van der Waals surface area contributed by atoms with Crippen molar-refractivity contribution in [3.05, 3.63) is 18.6 Å². The summed E-state index contributed by atoms with van der Waals surface area (Å²) in [5, 5.41) is 5.03. The summed E-state index contributed by atoms with van der Waals surface area (Å²) < 4.78 is 26.0. The molecule has 2 aliphatic rings. The van der Waals surface area contributed by atoms with Gasteiger partial charge in [-0.1, -0.05) is 0 Å². The molecule has 1 aliphatic carbocycles. The lowest BCUT2D eigenvalue weighted by atomic mass is 9.76. The van der Waals surface area contributed by atoms with Gasteiger partial charge < -0.3 is 4.98 Å². The first-order valence-corrected chi connectivity index (χ1v) is 9.10. The monoisotopic (exact) mass is 363 g/mol. The molecule has 1 atom stereocenters. The van der Waals surface area contributed by atoms with Crippen LogP contribution in [0.5, 0.6) is 0 Å². The molecule has 6 nitrogen and oxygen atoms in total. The SMILES string of the molecule is CN(c1ncnc2[nH]ccc12)N1CCCC(C(=O)CC2CC(F)(F)C2)C1. The molecule has 1 saturated carbocycles. The van der Waals surface area contributed by atoms with Crippen LogP contribution in [-0.4, -0.2) is 51.8 Å². The summed E-state index contributed by atoms with van der Waals surface area (Å²) in [6.07, 6.45) is 5.09. The van der Waals surface area contributed by atoms with Crippen molar-refractivity contribution in [3.63, 3.8) is 0 Å². The van der Waals surface area contributed by atoms with Crippen LogP contribution in [0.25, 0.3) is 11.0 Å². The molecule has 26 heavy (non-hydrogen) atoms. The van der Waals surface area contributed by atoms with Crippen LogP contribution in [0.1, 0.15) is 32.1 Å². The number of ketones is 1. The van der Waals surface area contributed by atoms with Crippen LogP contribution < -0.4 is 5.01 Å². The number of H-pyrrole nitrogens is 1. The van der Waals surface area contributed by atoms with Crippen molar-refractivity contribution < 1.29 is 13.6 Å². The van der Waals surface area contributed by atoms with Crippen molar-refractivity contribution >= 4 is 22.6 Å². The number of hydrogen-bond donors (Lipinski definition) is 1. The van der Waals surface area contributed by atoms with Gasteiger partial charge in [-0.2, -0.15) is 0 Å². The predicted molar refractivity (Wildman–Crippen MR) is 93.9 cm³/mol. The van der Waals surface area contributed by atoms with Gasteiger partial charge in [0.05, 0.1) is 5.39 Å². The third kappa shape index (κ3) is 3.30. The molecule has 2 aromatic heterocycles. The maximum atomic E-state index is 13.0. The van der Waals surface area contributed by atoms with Gasteiger partial charge in [-0.3, -0.25) is 9.80 Å². The zero-order chi connectivity index (χ0) is 18.3. The molecule has 0 spiro atoms. The standard InChI is InChI=1S/C18H23F2N5O/c1-24(17-14-4-5-21-16(14)22-11-23-17)25-6-2-3-13(10-25)15(26)7-12-8-18(19,20)9-12/h4-5,11-13H,2-3,6-10H2,1H3,(H,21,22,23). The van der Waals surface area contributed by atoms with Gasteiger partial charge in [-0.25, -0.2) is 23.8 Å². The number of anilines is 1. The van der Waals surface area contributed by atoms with Crippen molar-refractivity contribution in [3.8, 4) is 0 Å². The number of aromatic nitrogens is 3. The van der Waals surface area contributed by atoms with E-state index in [0.29, 0.717) is 6.54 Å². The minimum Gasteiger partial charge on any atom is -0.346 e. The summed E-state index contributed by atoms with van der Waals surface area (Å²) in [5.41, 5.74) is 0.775. The van der Waals surface area contributed by atoms with E-state index in [4.69, 9.17) is 0 Å². The zero-order valence-corrected chi connectivity index (χ0v) is 14.8. The summed E-state index contributed by atoms with van der Waals surface area (Å²) in [4.78, 5) is 24.2. The molecule has 0 radical (unpaired) electrons. The Morgan fingerprint density at radius 2 is 2.23 bits per heavy atom. The van der Waals surface area contributed by atoms with Gasteiger partial charge in [0.1, 0.15) is 17.8 Å². The number of carbonyl (C=O) groups excluding carboxylic acids is 1. The van der Waals surface area contributed by atoms with Gasteiger partial charge in [-0.15, -0.1) is 0 Å². The third-order valence-corrected chi connectivity index (χ3v) is 5.58. The van der Waals surface area contributed by atoms with Crippen molar-refractivity contribution in [1.82, 2.24) is 20.0 Å². The maximum absolute atomic E-state index is 13.0. The lowest BCUT2D eigenvalue weighted by Crippen LogP contribution is -2.48. The smallest absolute Gasteiger partial charge is 0.248 e. The number of nitrogens with one attached hydrogen (secondary N) is 1. The number of halogens is 2. The van der Waals surface area contributed by atoms with Gasteiger partial charge in [0.15, 0.2) is 5.82 Å². The van der Waals surface area contributed by atoms with E-state index in [1.807, 2.05) is 24.3 Å². The average molecular weight is 363 g/mol. The predicted octanol–water partition coefficient (Wildman–Crippen LogP) is 3.03. The number of fused-ring (bicyclic) bond motifs is 1. The first-order chi connectivity index (χ1) is 12.4. The molecule has 0 amide bonds. The second-order valence-electron chi connectivity index (χ2n) is 7.51. The lowest BCUT2D eigenvalue weighted by Gasteiger charge is -2.40. The molecule has 4 rings (SSSR count). The number of alkyl halides is 2. The van der Waals surface area contributed by atoms with E-state index in [9.17, 15) is 13.6 Å². The average Bonchev–Trinajstić information content (AvgIpc) is 3.08. The highest BCUT2D eigenvalue weighted by Gasteiger charge is 2.46.